The Hall–Kier alpha value is -0.160. The van der Waals surface area contributed by atoms with Crippen molar-refractivity contribution in [2.45, 2.75) is 26.2 Å². The van der Waals surface area contributed by atoms with Crippen LogP contribution in [0.5, 0.6) is 0 Å². The van der Waals surface area contributed by atoms with Crippen LogP contribution in [0.1, 0.15) is 13.8 Å². The molecule has 1 aliphatic heterocycles. The minimum Gasteiger partial charge on any atom is -0.396 e. The summed E-state index contributed by atoms with van der Waals surface area (Å²) >= 11 is 0. The molecule has 0 radical (unpaired) electrons. The molecule has 78 valence electrons. The molecule has 4 heteroatoms. The lowest BCUT2D eigenvalue weighted by molar-refractivity contribution is -0.135. The fraction of sp³-hybridized carbons (Fsp3) is 1.00. The lowest BCUT2D eigenvalue weighted by atomic mass is 10.1. The third-order valence-electron chi connectivity index (χ3n) is 2.17. The molecular formula is C9H18O4. The molecule has 0 aliphatic carbocycles. The van der Waals surface area contributed by atoms with Crippen LogP contribution in [0, 0.1) is 5.92 Å². The largest absolute Gasteiger partial charge is 0.396 e. The van der Waals surface area contributed by atoms with Gasteiger partial charge in [0, 0.05) is 13.2 Å². The van der Waals surface area contributed by atoms with Crippen molar-refractivity contribution in [2.75, 3.05) is 26.4 Å². The molecule has 1 fully saturated rings. The van der Waals surface area contributed by atoms with Gasteiger partial charge in [-0.05, 0) is 13.8 Å². The molecule has 1 rings (SSSR count). The van der Waals surface area contributed by atoms with Crippen molar-refractivity contribution >= 4 is 0 Å². The van der Waals surface area contributed by atoms with Crippen LogP contribution in [0.2, 0.25) is 0 Å². The number of rotatable bonds is 5. The molecule has 0 bridgehead atoms. The lowest BCUT2D eigenvalue weighted by Gasteiger charge is -2.19. The van der Waals surface area contributed by atoms with Crippen LogP contribution in [0.4, 0.5) is 0 Å². The molecule has 0 unspecified atom stereocenters. The Labute approximate surface area is 78.8 Å². The monoisotopic (exact) mass is 190 g/mol. The van der Waals surface area contributed by atoms with Crippen LogP contribution in [0.3, 0.4) is 0 Å². The number of aliphatic hydroxyl groups excluding tert-OH is 1. The second-order valence-electron chi connectivity index (χ2n) is 3.00. The SMILES string of the molecule is CCO[C@@H]1OC[C@@H](OCC)[C@@H]1CO. The third-order valence-corrected chi connectivity index (χ3v) is 2.17. The van der Waals surface area contributed by atoms with Crippen molar-refractivity contribution in [3.8, 4) is 0 Å². The van der Waals surface area contributed by atoms with Crippen molar-refractivity contribution in [1.29, 1.82) is 0 Å². The van der Waals surface area contributed by atoms with E-state index in [9.17, 15) is 0 Å². The topological polar surface area (TPSA) is 47.9 Å². The Bertz CT molecular complexity index is 126. The Balaban J connectivity index is 2.42. The number of hydrogen-bond donors (Lipinski definition) is 1. The molecule has 0 aromatic heterocycles. The first-order valence-corrected chi connectivity index (χ1v) is 4.79. The molecule has 0 aromatic rings. The second kappa shape index (κ2) is 5.54. The molecule has 0 amide bonds. The summed E-state index contributed by atoms with van der Waals surface area (Å²) in [4.78, 5) is 0. The average Bonchev–Trinajstić information content (AvgIpc) is 2.49. The Morgan fingerprint density at radius 1 is 1.31 bits per heavy atom. The molecule has 1 heterocycles. The van der Waals surface area contributed by atoms with E-state index >= 15 is 0 Å². The van der Waals surface area contributed by atoms with Gasteiger partial charge in [0.1, 0.15) is 0 Å². The fourth-order valence-corrected chi connectivity index (χ4v) is 1.54. The first kappa shape index (κ1) is 10.9. The third kappa shape index (κ3) is 2.64. The maximum absolute atomic E-state index is 9.12. The van der Waals surface area contributed by atoms with Crippen molar-refractivity contribution in [3.63, 3.8) is 0 Å². The first-order chi connectivity index (χ1) is 6.33. The van der Waals surface area contributed by atoms with Crippen LogP contribution >= 0.6 is 0 Å². The van der Waals surface area contributed by atoms with Crippen LogP contribution in [-0.4, -0.2) is 43.9 Å². The van der Waals surface area contributed by atoms with E-state index in [1.165, 1.54) is 0 Å². The summed E-state index contributed by atoms with van der Waals surface area (Å²) in [5.41, 5.74) is 0. The van der Waals surface area contributed by atoms with Gasteiger partial charge < -0.3 is 19.3 Å². The minimum absolute atomic E-state index is 0.0217. The van der Waals surface area contributed by atoms with Gasteiger partial charge >= 0.3 is 0 Å². The molecule has 4 nitrogen and oxygen atoms in total. The van der Waals surface area contributed by atoms with E-state index in [1.807, 2.05) is 13.8 Å². The molecular weight excluding hydrogens is 172 g/mol. The first-order valence-electron chi connectivity index (χ1n) is 4.79. The summed E-state index contributed by atoms with van der Waals surface area (Å²) in [5.74, 6) is -0.0418. The summed E-state index contributed by atoms with van der Waals surface area (Å²) in [6.45, 7) is 5.65. The Morgan fingerprint density at radius 3 is 2.54 bits per heavy atom. The van der Waals surface area contributed by atoms with Crippen LogP contribution in [-0.2, 0) is 14.2 Å². The maximum atomic E-state index is 9.12. The standard InChI is InChI=1S/C9H18O4/c1-3-11-8-6-13-9(12-4-2)7(8)5-10/h7-10H,3-6H2,1-2H3/t7-,8+,9+/m0/s1. The zero-order chi connectivity index (χ0) is 9.68. The van der Waals surface area contributed by atoms with Crippen LogP contribution < -0.4 is 0 Å². The molecule has 1 N–H and O–H groups in total. The quantitative estimate of drug-likeness (QED) is 0.681. The second-order valence-corrected chi connectivity index (χ2v) is 3.00. The van der Waals surface area contributed by atoms with Crippen molar-refractivity contribution in [3.05, 3.63) is 0 Å². The zero-order valence-electron chi connectivity index (χ0n) is 8.23. The highest BCUT2D eigenvalue weighted by Crippen LogP contribution is 2.24. The number of ether oxygens (including phenoxy) is 3. The number of hydrogen-bond acceptors (Lipinski definition) is 4. The van der Waals surface area contributed by atoms with Crippen molar-refractivity contribution < 1.29 is 19.3 Å². The van der Waals surface area contributed by atoms with Gasteiger partial charge in [-0.3, -0.25) is 0 Å². The average molecular weight is 190 g/mol. The van der Waals surface area contributed by atoms with Gasteiger partial charge in [-0.1, -0.05) is 0 Å². The van der Waals surface area contributed by atoms with Crippen LogP contribution in [0.15, 0.2) is 0 Å². The Morgan fingerprint density at radius 2 is 2.00 bits per heavy atom. The Kier molecular flexibility index (Phi) is 4.66. The molecule has 1 saturated heterocycles. The van der Waals surface area contributed by atoms with E-state index in [2.05, 4.69) is 0 Å². The minimum atomic E-state index is -0.299. The summed E-state index contributed by atoms with van der Waals surface area (Å²) < 4.78 is 16.1. The van der Waals surface area contributed by atoms with Gasteiger partial charge in [0.15, 0.2) is 6.29 Å². The highest BCUT2D eigenvalue weighted by molar-refractivity contribution is 4.79. The van der Waals surface area contributed by atoms with Gasteiger partial charge in [-0.15, -0.1) is 0 Å². The van der Waals surface area contributed by atoms with E-state index in [0.717, 1.165) is 0 Å². The van der Waals surface area contributed by atoms with Crippen LogP contribution in [0.25, 0.3) is 0 Å². The fourth-order valence-electron chi connectivity index (χ4n) is 1.54. The molecule has 1 aliphatic rings. The normalized spacial score (nSPS) is 33.9. The van der Waals surface area contributed by atoms with E-state index in [0.29, 0.717) is 19.8 Å². The molecule has 13 heavy (non-hydrogen) atoms. The van der Waals surface area contributed by atoms with E-state index in [4.69, 9.17) is 19.3 Å². The summed E-state index contributed by atoms with van der Waals surface area (Å²) in [6.07, 6.45) is -0.321. The van der Waals surface area contributed by atoms with Gasteiger partial charge in [-0.25, -0.2) is 0 Å². The smallest absolute Gasteiger partial charge is 0.165 e. The molecule has 3 atom stereocenters. The van der Waals surface area contributed by atoms with Gasteiger partial charge in [0.05, 0.1) is 25.2 Å². The van der Waals surface area contributed by atoms with E-state index < -0.39 is 0 Å². The maximum Gasteiger partial charge on any atom is 0.165 e. The predicted molar refractivity (Wildman–Crippen MR) is 47.4 cm³/mol. The lowest BCUT2D eigenvalue weighted by Crippen LogP contribution is -2.31. The highest BCUT2D eigenvalue weighted by Gasteiger charge is 2.37. The van der Waals surface area contributed by atoms with Gasteiger partial charge in [0.25, 0.3) is 0 Å². The molecule has 0 spiro atoms. The summed E-state index contributed by atoms with van der Waals surface area (Å²) in [7, 11) is 0. The van der Waals surface area contributed by atoms with E-state index in [-0.39, 0.29) is 24.9 Å². The summed E-state index contributed by atoms with van der Waals surface area (Å²) in [5, 5.41) is 9.12. The van der Waals surface area contributed by atoms with Gasteiger partial charge in [0.2, 0.25) is 0 Å². The van der Waals surface area contributed by atoms with Gasteiger partial charge in [-0.2, -0.15) is 0 Å². The van der Waals surface area contributed by atoms with Crippen molar-refractivity contribution in [1.82, 2.24) is 0 Å². The molecule has 0 saturated carbocycles. The molecule has 0 aromatic carbocycles. The summed E-state index contributed by atoms with van der Waals surface area (Å²) in [6, 6.07) is 0. The van der Waals surface area contributed by atoms with E-state index in [1.54, 1.807) is 0 Å². The van der Waals surface area contributed by atoms with Crippen molar-refractivity contribution in [2.24, 2.45) is 5.92 Å². The zero-order valence-corrected chi connectivity index (χ0v) is 8.23. The predicted octanol–water partition coefficient (Wildman–Crippen LogP) is 0.393. The highest BCUT2D eigenvalue weighted by atomic mass is 16.7. The number of aliphatic hydroxyl groups is 1.